The molecular weight excluding hydrogens is 398 g/mol. The smallest absolute Gasteiger partial charge is 0.318 e. The van der Waals surface area contributed by atoms with E-state index in [4.69, 9.17) is 5.10 Å². The topological polar surface area (TPSA) is 66.0 Å². The van der Waals surface area contributed by atoms with Gasteiger partial charge in [-0.15, -0.1) is 0 Å². The summed E-state index contributed by atoms with van der Waals surface area (Å²) in [6.45, 7) is 11.3. The van der Waals surface area contributed by atoms with E-state index < -0.39 is 0 Å². The van der Waals surface area contributed by atoms with Crippen LogP contribution in [-0.4, -0.2) is 31.2 Å². The first-order valence-corrected chi connectivity index (χ1v) is 11.0. The highest BCUT2D eigenvalue weighted by molar-refractivity contribution is 5.86. The number of amides is 2. The van der Waals surface area contributed by atoms with Gasteiger partial charge in [0.1, 0.15) is 0 Å². The first-order chi connectivity index (χ1) is 15.2. The van der Waals surface area contributed by atoms with E-state index in [1.54, 1.807) is 0 Å². The van der Waals surface area contributed by atoms with Crippen LogP contribution in [0.1, 0.15) is 43.2 Å². The Balaban J connectivity index is 1.65. The SMILES string of the molecule is Cc1cccc(C)c1-n1nc2c(c1-c1ccc3[nH]ccc3c1)CN(C(=O)NC(C)(C)C)C2. The standard InChI is InChI=1S/C26H29N5O/c1-16-7-6-8-17(2)23(16)31-24(19-9-10-21-18(13-19)11-12-27-21)20-14-30(15-22(20)29-31)25(32)28-26(3,4)5/h6-13,27H,14-15H2,1-5H3,(H,28,32). The highest BCUT2D eigenvalue weighted by Gasteiger charge is 2.33. The quantitative estimate of drug-likeness (QED) is 0.446. The molecule has 2 amide bonds. The number of nitrogens with zero attached hydrogens (tertiary/aromatic N) is 3. The maximum absolute atomic E-state index is 12.9. The molecule has 2 N–H and O–H groups in total. The van der Waals surface area contributed by atoms with Crippen molar-refractivity contribution >= 4 is 16.9 Å². The number of hydrogen-bond acceptors (Lipinski definition) is 2. The van der Waals surface area contributed by atoms with Crippen molar-refractivity contribution in [2.45, 2.75) is 53.2 Å². The fraction of sp³-hybridized carbons (Fsp3) is 0.308. The maximum Gasteiger partial charge on any atom is 0.318 e. The minimum Gasteiger partial charge on any atom is -0.361 e. The van der Waals surface area contributed by atoms with Crippen molar-refractivity contribution in [3.8, 4) is 16.9 Å². The molecule has 0 atom stereocenters. The van der Waals surface area contributed by atoms with E-state index in [9.17, 15) is 4.79 Å². The maximum atomic E-state index is 12.9. The summed E-state index contributed by atoms with van der Waals surface area (Å²) in [5.41, 5.74) is 8.53. The van der Waals surface area contributed by atoms with Crippen LogP contribution in [0.5, 0.6) is 0 Å². The molecule has 164 valence electrons. The summed E-state index contributed by atoms with van der Waals surface area (Å²) in [5, 5.41) is 9.28. The summed E-state index contributed by atoms with van der Waals surface area (Å²) in [5.74, 6) is 0. The number of aromatic amines is 1. The molecule has 4 aromatic rings. The van der Waals surface area contributed by atoms with Crippen molar-refractivity contribution in [2.24, 2.45) is 0 Å². The summed E-state index contributed by atoms with van der Waals surface area (Å²) in [6, 6.07) is 14.8. The van der Waals surface area contributed by atoms with Crippen molar-refractivity contribution in [3.05, 3.63) is 71.0 Å². The third-order valence-corrected chi connectivity index (χ3v) is 6.00. The summed E-state index contributed by atoms with van der Waals surface area (Å²) in [4.78, 5) is 18.0. The Kier molecular flexibility index (Phi) is 4.62. The van der Waals surface area contributed by atoms with Gasteiger partial charge in [-0.1, -0.05) is 24.3 Å². The second-order valence-corrected chi connectivity index (χ2v) is 9.74. The molecule has 0 radical (unpaired) electrons. The van der Waals surface area contributed by atoms with Crippen LogP contribution in [0.3, 0.4) is 0 Å². The lowest BCUT2D eigenvalue weighted by Crippen LogP contribution is -2.46. The Labute approximate surface area is 188 Å². The number of fused-ring (bicyclic) bond motifs is 2. The molecule has 0 saturated heterocycles. The molecule has 6 heteroatoms. The average molecular weight is 428 g/mol. The van der Waals surface area contributed by atoms with Crippen LogP contribution in [-0.2, 0) is 13.1 Å². The van der Waals surface area contributed by atoms with E-state index in [0.717, 1.165) is 39.1 Å². The number of nitrogens with one attached hydrogen (secondary N) is 2. The molecule has 5 rings (SSSR count). The summed E-state index contributed by atoms with van der Waals surface area (Å²) >= 11 is 0. The monoisotopic (exact) mass is 427 g/mol. The molecule has 0 aliphatic carbocycles. The van der Waals surface area contributed by atoms with Gasteiger partial charge in [-0.3, -0.25) is 0 Å². The van der Waals surface area contributed by atoms with E-state index in [1.807, 2.05) is 31.9 Å². The molecule has 0 bridgehead atoms. The summed E-state index contributed by atoms with van der Waals surface area (Å²) in [6.07, 6.45) is 1.96. The van der Waals surface area contributed by atoms with Gasteiger partial charge < -0.3 is 15.2 Å². The normalized spacial score (nSPS) is 13.6. The third kappa shape index (κ3) is 3.45. The second-order valence-electron chi connectivity index (χ2n) is 9.74. The lowest BCUT2D eigenvalue weighted by molar-refractivity contribution is 0.188. The predicted octanol–water partition coefficient (Wildman–Crippen LogP) is 5.46. The lowest BCUT2D eigenvalue weighted by Gasteiger charge is -2.25. The molecule has 32 heavy (non-hydrogen) atoms. The number of benzene rings is 2. The number of carbonyl (C=O) groups is 1. The fourth-order valence-electron chi connectivity index (χ4n) is 4.56. The van der Waals surface area contributed by atoms with E-state index >= 15 is 0 Å². The number of urea groups is 1. The van der Waals surface area contributed by atoms with Crippen LogP contribution in [0.15, 0.2) is 48.7 Å². The van der Waals surface area contributed by atoms with Crippen molar-refractivity contribution in [3.63, 3.8) is 0 Å². The largest absolute Gasteiger partial charge is 0.361 e. The van der Waals surface area contributed by atoms with Crippen LogP contribution < -0.4 is 5.32 Å². The van der Waals surface area contributed by atoms with Gasteiger partial charge in [-0.05, 0) is 63.9 Å². The molecule has 0 saturated carbocycles. The van der Waals surface area contributed by atoms with E-state index in [0.29, 0.717) is 13.1 Å². The molecule has 6 nitrogen and oxygen atoms in total. The van der Waals surface area contributed by atoms with Gasteiger partial charge in [-0.2, -0.15) is 5.10 Å². The van der Waals surface area contributed by atoms with Gasteiger partial charge in [0.2, 0.25) is 0 Å². The van der Waals surface area contributed by atoms with Crippen molar-refractivity contribution in [1.29, 1.82) is 0 Å². The van der Waals surface area contributed by atoms with Crippen molar-refractivity contribution < 1.29 is 4.79 Å². The number of para-hydroxylation sites is 1. The fourth-order valence-corrected chi connectivity index (χ4v) is 4.56. The Bertz CT molecular complexity index is 1320. The average Bonchev–Trinajstić information content (AvgIpc) is 3.40. The number of carbonyl (C=O) groups excluding carboxylic acids is 1. The number of aromatic nitrogens is 3. The first kappa shape index (κ1) is 20.4. The number of H-pyrrole nitrogens is 1. The van der Waals surface area contributed by atoms with Gasteiger partial charge in [0.15, 0.2) is 0 Å². The molecule has 2 aromatic carbocycles. The Morgan fingerprint density at radius 3 is 2.53 bits per heavy atom. The van der Waals surface area contributed by atoms with E-state index in [-0.39, 0.29) is 11.6 Å². The first-order valence-electron chi connectivity index (χ1n) is 11.0. The Morgan fingerprint density at radius 1 is 1.06 bits per heavy atom. The Hall–Kier alpha value is -3.54. The zero-order valence-corrected chi connectivity index (χ0v) is 19.3. The molecule has 1 aliphatic rings. The lowest BCUT2D eigenvalue weighted by atomic mass is 10.0. The summed E-state index contributed by atoms with van der Waals surface area (Å²) < 4.78 is 2.09. The second kappa shape index (κ2) is 7.26. The number of hydrogen-bond donors (Lipinski definition) is 2. The Morgan fingerprint density at radius 2 is 1.81 bits per heavy atom. The highest BCUT2D eigenvalue weighted by atomic mass is 16.2. The van der Waals surface area contributed by atoms with Crippen LogP contribution in [0, 0.1) is 13.8 Å². The highest BCUT2D eigenvalue weighted by Crippen LogP contribution is 2.37. The van der Waals surface area contributed by atoms with Crippen molar-refractivity contribution in [1.82, 2.24) is 25.0 Å². The van der Waals surface area contributed by atoms with E-state index in [1.165, 1.54) is 11.1 Å². The minimum atomic E-state index is -0.280. The molecule has 1 aliphatic heterocycles. The third-order valence-electron chi connectivity index (χ3n) is 6.00. The predicted molar refractivity (Wildman–Crippen MR) is 128 cm³/mol. The van der Waals surface area contributed by atoms with Crippen LogP contribution in [0.2, 0.25) is 0 Å². The number of aryl methyl sites for hydroxylation is 2. The van der Waals surface area contributed by atoms with Gasteiger partial charge in [-0.25, -0.2) is 9.48 Å². The zero-order chi connectivity index (χ0) is 22.6. The van der Waals surface area contributed by atoms with Crippen LogP contribution >= 0.6 is 0 Å². The molecule has 3 heterocycles. The van der Waals surface area contributed by atoms with Gasteiger partial charge >= 0.3 is 6.03 Å². The van der Waals surface area contributed by atoms with Gasteiger partial charge in [0.25, 0.3) is 0 Å². The van der Waals surface area contributed by atoms with Crippen LogP contribution in [0.4, 0.5) is 4.79 Å². The van der Waals surface area contributed by atoms with Gasteiger partial charge in [0.05, 0.1) is 30.2 Å². The molecule has 0 spiro atoms. The number of rotatable bonds is 2. The van der Waals surface area contributed by atoms with Crippen molar-refractivity contribution in [2.75, 3.05) is 0 Å². The van der Waals surface area contributed by atoms with Crippen LogP contribution in [0.25, 0.3) is 27.8 Å². The van der Waals surface area contributed by atoms with Gasteiger partial charge in [0, 0.05) is 33.8 Å². The zero-order valence-electron chi connectivity index (χ0n) is 19.3. The summed E-state index contributed by atoms with van der Waals surface area (Å²) in [7, 11) is 0. The molecule has 2 aromatic heterocycles. The van der Waals surface area contributed by atoms with E-state index in [2.05, 4.69) is 71.3 Å². The molecular formula is C26H29N5O. The molecule has 0 fully saturated rings. The molecule has 0 unspecified atom stereocenters. The minimum absolute atomic E-state index is 0.0545.